The molecule has 0 aromatic heterocycles. The number of anilines is 2. The first-order chi connectivity index (χ1) is 16.5. The van der Waals surface area contributed by atoms with Gasteiger partial charge in [-0.05, 0) is 48.9 Å². The minimum absolute atomic E-state index is 0.0534. The Balaban J connectivity index is 1.84. The van der Waals surface area contributed by atoms with Crippen molar-refractivity contribution in [3.8, 4) is 0 Å². The van der Waals surface area contributed by atoms with E-state index in [1.807, 2.05) is 0 Å². The highest BCUT2D eigenvalue weighted by Crippen LogP contribution is 2.45. The van der Waals surface area contributed by atoms with Crippen LogP contribution in [0.1, 0.15) is 51.7 Å². The summed E-state index contributed by atoms with van der Waals surface area (Å²) in [5.41, 5.74) is 0.0332. The third kappa shape index (κ3) is 4.77. The molecule has 36 heavy (non-hydrogen) atoms. The molecule has 0 amide bonds. The van der Waals surface area contributed by atoms with E-state index in [9.17, 15) is 26.7 Å². The SMILES string of the molecule is CC(C)(C)CCC1(C)C(=O)C(C2=NS(=O)(=O)c3cc(NS(C)(=O)=O)ccc3N2)=C(O)c2ccccc21. The second kappa shape index (κ2) is 8.45. The number of fused-ring (bicyclic) bond motifs is 2. The molecule has 0 bridgehead atoms. The van der Waals surface area contributed by atoms with Gasteiger partial charge in [-0.3, -0.25) is 9.52 Å². The van der Waals surface area contributed by atoms with Crippen LogP contribution >= 0.6 is 0 Å². The van der Waals surface area contributed by atoms with E-state index in [1.165, 1.54) is 12.1 Å². The number of Topliss-reactive ketones (excluding diaryl/α,β-unsaturated/α-hetero) is 1. The first kappa shape index (κ1) is 25.9. The molecule has 2 aliphatic rings. The Bertz CT molecular complexity index is 1550. The summed E-state index contributed by atoms with van der Waals surface area (Å²) in [7, 11) is -7.95. The zero-order chi connectivity index (χ0) is 26.7. The van der Waals surface area contributed by atoms with Crippen molar-refractivity contribution >= 4 is 48.8 Å². The first-order valence-electron chi connectivity index (χ1n) is 11.3. The minimum Gasteiger partial charge on any atom is -0.506 e. The highest BCUT2D eigenvalue weighted by molar-refractivity contribution is 7.92. The number of aliphatic hydroxyl groups is 1. The Morgan fingerprint density at radius 2 is 1.81 bits per heavy atom. The summed E-state index contributed by atoms with van der Waals surface area (Å²) in [6.45, 7) is 8.04. The average molecular weight is 532 g/mol. The number of benzene rings is 2. The van der Waals surface area contributed by atoms with Crippen molar-refractivity contribution in [2.45, 2.75) is 50.8 Å². The molecule has 0 fully saturated rings. The molecule has 1 heterocycles. The lowest BCUT2D eigenvalue weighted by Crippen LogP contribution is -2.42. The van der Waals surface area contributed by atoms with E-state index >= 15 is 0 Å². The number of nitrogens with one attached hydrogen (secondary N) is 2. The lowest BCUT2D eigenvalue weighted by atomic mass is 9.65. The molecule has 4 rings (SSSR count). The van der Waals surface area contributed by atoms with Gasteiger partial charge in [0.25, 0.3) is 10.0 Å². The van der Waals surface area contributed by atoms with Gasteiger partial charge in [0.2, 0.25) is 10.0 Å². The fourth-order valence-corrected chi connectivity index (χ4v) is 6.15. The number of sulfonamides is 2. The van der Waals surface area contributed by atoms with Gasteiger partial charge in [0.05, 0.1) is 17.4 Å². The van der Waals surface area contributed by atoms with Crippen LogP contribution in [0.25, 0.3) is 5.76 Å². The fraction of sp³-hybridized carbons (Fsp3) is 0.360. The third-order valence-electron chi connectivity index (χ3n) is 6.38. The summed E-state index contributed by atoms with van der Waals surface area (Å²) in [5, 5.41) is 14.0. The maximum Gasteiger partial charge on any atom is 0.286 e. The molecule has 11 heteroatoms. The van der Waals surface area contributed by atoms with Crippen LogP contribution in [-0.4, -0.2) is 39.8 Å². The standard InChI is InChI=1S/C25H29N3O6S2/c1-24(2,3)12-13-25(4)17-9-7-6-8-16(17)21(29)20(22(25)30)23-26-18-11-10-15(27-35(5,31)32)14-19(18)36(33,34)28-23/h6-11,14,27,29H,12-13H2,1-5H3,(H,26,28). The lowest BCUT2D eigenvalue weighted by Gasteiger charge is -2.37. The molecule has 9 nitrogen and oxygen atoms in total. The van der Waals surface area contributed by atoms with Gasteiger partial charge >= 0.3 is 0 Å². The van der Waals surface area contributed by atoms with Crippen LogP contribution in [0.15, 0.2) is 57.3 Å². The van der Waals surface area contributed by atoms with Crippen LogP contribution in [0.5, 0.6) is 0 Å². The highest BCUT2D eigenvalue weighted by atomic mass is 32.2. The number of nitrogens with zero attached hydrogens (tertiary/aromatic N) is 1. The summed E-state index contributed by atoms with van der Waals surface area (Å²) in [5.74, 6) is -1.04. The second-order valence-electron chi connectivity index (χ2n) is 10.6. The van der Waals surface area contributed by atoms with Gasteiger partial charge < -0.3 is 10.4 Å². The van der Waals surface area contributed by atoms with Crippen LogP contribution in [0.2, 0.25) is 0 Å². The summed E-state index contributed by atoms with van der Waals surface area (Å²) < 4.78 is 55.4. The zero-order valence-electron chi connectivity index (χ0n) is 20.7. The normalized spacial score (nSPS) is 21.2. The highest BCUT2D eigenvalue weighted by Gasteiger charge is 2.46. The zero-order valence-corrected chi connectivity index (χ0v) is 22.3. The Morgan fingerprint density at radius 1 is 1.14 bits per heavy atom. The van der Waals surface area contributed by atoms with E-state index in [0.29, 0.717) is 17.5 Å². The molecule has 1 aliphatic heterocycles. The van der Waals surface area contributed by atoms with Gasteiger partial charge in [-0.2, -0.15) is 8.42 Å². The molecule has 0 saturated heterocycles. The van der Waals surface area contributed by atoms with Crippen LogP contribution in [0.4, 0.5) is 11.4 Å². The summed E-state index contributed by atoms with van der Waals surface area (Å²) >= 11 is 0. The van der Waals surface area contributed by atoms with E-state index in [0.717, 1.165) is 18.7 Å². The number of hydrogen-bond donors (Lipinski definition) is 3. The van der Waals surface area contributed by atoms with Crippen molar-refractivity contribution in [2.24, 2.45) is 9.81 Å². The van der Waals surface area contributed by atoms with Gasteiger partial charge in [-0.1, -0.05) is 45.0 Å². The number of carbonyl (C=O) groups excluding carboxylic acids is 1. The van der Waals surface area contributed by atoms with Gasteiger partial charge in [-0.25, -0.2) is 8.42 Å². The number of carbonyl (C=O) groups is 1. The molecule has 0 saturated carbocycles. The molecule has 1 atom stereocenters. The molecule has 3 N–H and O–H groups in total. The minimum atomic E-state index is -4.32. The lowest BCUT2D eigenvalue weighted by molar-refractivity contribution is -0.120. The van der Waals surface area contributed by atoms with Crippen molar-refractivity contribution in [3.63, 3.8) is 0 Å². The fourth-order valence-electron chi connectivity index (χ4n) is 4.45. The van der Waals surface area contributed by atoms with E-state index in [-0.39, 0.29) is 38.9 Å². The predicted octanol–water partition coefficient (Wildman–Crippen LogP) is 4.21. The van der Waals surface area contributed by atoms with Crippen molar-refractivity contribution in [1.29, 1.82) is 0 Å². The van der Waals surface area contributed by atoms with Crippen LogP contribution in [-0.2, 0) is 30.3 Å². The topological polar surface area (TPSA) is 142 Å². The van der Waals surface area contributed by atoms with Crippen molar-refractivity contribution in [2.75, 3.05) is 16.3 Å². The quantitative estimate of drug-likeness (QED) is 0.525. The van der Waals surface area contributed by atoms with Crippen molar-refractivity contribution in [1.82, 2.24) is 0 Å². The monoisotopic (exact) mass is 531 g/mol. The molecule has 192 valence electrons. The molecule has 2 aromatic carbocycles. The van der Waals surface area contributed by atoms with Crippen molar-refractivity contribution in [3.05, 3.63) is 59.2 Å². The van der Waals surface area contributed by atoms with Gasteiger partial charge in [0, 0.05) is 11.3 Å². The van der Waals surface area contributed by atoms with Crippen LogP contribution < -0.4 is 10.0 Å². The Hall–Kier alpha value is -3.18. The Morgan fingerprint density at radius 3 is 2.44 bits per heavy atom. The molecular formula is C25H29N3O6S2. The first-order valence-corrected chi connectivity index (χ1v) is 14.7. The number of hydrogen-bond acceptors (Lipinski definition) is 7. The maximum absolute atomic E-state index is 14.0. The maximum atomic E-state index is 14.0. The largest absolute Gasteiger partial charge is 0.506 e. The van der Waals surface area contributed by atoms with E-state index in [1.54, 1.807) is 31.2 Å². The molecule has 1 aliphatic carbocycles. The summed E-state index contributed by atoms with van der Waals surface area (Å²) in [6, 6.07) is 11.0. The molecular weight excluding hydrogens is 502 g/mol. The average Bonchev–Trinajstić information content (AvgIpc) is 2.75. The smallest absolute Gasteiger partial charge is 0.286 e. The van der Waals surface area contributed by atoms with E-state index in [4.69, 9.17) is 0 Å². The third-order valence-corrected chi connectivity index (χ3v) is 8.30. The van der Waals surface area contributed by atoms with E-state index < -0.39 is 31.2 Å². The Labute approximate surface area is 211 Å². The predicted molar refractivity (Wildman–Crippen MR) is 140 cm³/mol. The number of aliphatic hydroxyl groups excluding tert-OH is 1. The number of rotatable bonds is 5. The molecule has 0 spiro atoms. The van der Waals surface area contributed by atoms with Crippen LogP contribution in [0, 0.1) is 5.41 Å². The molecule has 0 radical (unpaired) electrons. The van der Waals surface area contributed by atoms with E-state index in [2.05, 4.69) is 35.2 Å². The Kier molecular flexibility index (Phi) is 6.08. The summed E-state index contributed by atoms with van der Waals surface area (Å²) in [6.07, 6.45) is 2.16. The second-order valence-corrected chi connectivity index (χ2v) is 13.9. The van der Waals surface area contributed by atoms with Crippen LogP contribution in [0.3, 0.4) is 0 Å². The van der Waals surface area contributed by atoms with Gasteiger partial charge in [-0.15, -0.1) is 4.40 Å². The van der Waals surface area contributed by atoms with Gasteiger partial charge in [0.1, 0.15) is 16.2 Å². The molecule has 2 aromatic rings. The van der Waals surface area contributed by atoms with Crippen molar-refractivity contribution < 1.29 is 26.7 Å². The summed E-state index contributed by atoms with van der Waals surface area (Å²) in [4.78, 5) is 13.7. The number of ketones is 1. The van der Waals surface area contributed by atoms with Gasteiger partial charge in [0.15, 0.2) is 11.6 Å². The molecule has 1 unspecified atom stereocenters. The number of amidine groups is 1.